The number of carbonyl (C=O) groups excluding carboxylic acids is 4. The van der Waals surface area contributed by atoms with Gasteiger partial charge in [0.2, 0.25) is 11.5 Å². The Bertz CT molecular complexity index is 1050. The van der Waals surface area contributed by atoms with Gasteiger partial charge in [0, 0.05) is 33.0 Å². The molecule has 2 rings (SSSR count). The van der Waals surface area contributed by atoms with Crippen LogP contribution in [0.3, 0.4) is 0 Å². The maximum atomic E-state index is 12.0. The Labute approximate surface area is 191 Å². The maximum absolute atomic E-state index is 12.0. The van der Waals surface area contributed by atoms with Crippen LogP contribution in [0.1, 0.15) is 34.6 Å². The molecule has 2 aromatic carbocycles. The van der Waals surface area contributed by atoms with E-state index < -0.39 is 37.5 Å². The number of halogens is 1. The van der Waals surface area contributed by atoms with Gasteiger partial charge in [0.15, 0.2) is 11.5 Å². The maximum Gasteiger partial charge on any atom is 0.308 e. The van der Waals surface area contributed by atoms with Crippen LogP contribution >= 0.6 is 19.5 Å². The normalized spacial score (nSPS) is 11.3. The Hall–Kier alpha value is -2.96. The Balaban J connectivity index is 3.02. The second-order valence-electron chi connectivity index (χ2n) is 6.43. The molecule has 10 heteroatoms. The van der Waals surface area contributed by atoms with Crippen LogP contribution in [0.2, 0.25) is 5.02 Å². The van der Waals surface area contributed by atoms with E-state index in [1.54, 1.807) is 0 Å². The van der Waals surface area contributed by atoms with Crippen molar-refractivity contribution < 1.29 is 38.1 Å². The quantitative estimate of drug-likeness (QED) is 0.337. The van der Waals surface area contributed by atoms with Gasteiger partial charge in [-0.2, -0.15) is 0 Å². The molecule has 0 N–H and O–H groups in total. The number of hydrogen-bond acceptors (Lipinski definition) is 8. The SMILES string of the molecule is CCP(c1ccccc1)c1c(Cl)c(OC(C)=O)c(OC(C)=O)c(OC(C)=O)c1OC(C)=O. The molecule has 32 heavy (non-hydrogen) atoms. The Morgan fingerprint density at radius 2 is 1.12 bits per heavy atom. The molecule has 1 unspecified atom stereocenters. The third kappa shape index (κ3) is 6.05. The lowest BCUT2D eigenvalue weighted by molar-refractivity contribution is -0.136. The first-order chi connectivity index (χ1) is 15.1. The van der Waals surface area contributed by atoms with Crippen molar-refractivity contribution in [1.82, 2.24) is 0 Å². The summed E-state index contributed by atoms with van der Waals surface area (Å²) >= 11 is 6.68. The molecule has 0 fully saturated rings. The molecule has 0 amide bonds. The van der Waals surface area contributed by atoms with E-state index in [4.69, 9.17) is 30.5 Å². The summed E-state index contributed by atoms with van der Waals surface area (Å²) in [5.41, 5.74) is 0. The third-order valence-electron chi connectivity index (χ3n) is 3.88. The highest BCUT2D eigenvalue weighted by molar-refractivity contribution is 7.73. The highest BCUT2D eigenvalue weighted by Crippen LogP contribution is 2.53. The molecule has 0 aliphatic heterocycles. The summed E-state index contributed by atoms with van der Waals surface area (Å²) < 4.78 is 21.2. The van der Waals surface area contributed by atoms with Crippen LogP contribution in [0.5, 0.6) is 23.0 Å². The van der Waals surface area contributed by atoms with Gasteiger partial charge in [-0.25, -0.2) is 0 Å². The summed E-state index contributed by atoms with van der Waals surface area (Å²) in [6, 6.07) is 9.28. The molecule has 0 aliphatic carbocycles. The fraction of sp³-hybridized carbons (Fsp3) is 0.273. The summed E-state index contributed by atoms with van der Waals surface area (Å²) in [5.74, 6) is -4.36. The minimum atomic E-state index is -1.27. The van der Waals surface area contributed by atoms with E-state index >= 15 is 0 Å². The predicted molar refractivity (Wildman–Crippen MR) is 120 cm³/mol. The first-order valence-corrected chi connectivity index (χ1v) is 11.4. The molecule has 0 spiro atoms. The lowest BCUT2D eigenvalue weighted by Crippen LogP contribution is -2.23. The summed E-state index contributed by atoms with van der Waals surface area (Å²) in [7, 11) is -1.27. The Kier molecular flexibility index (Phi) is 8.75. The molecule has 0 radical (unpaired) electrons. The highest BCUT2D eigenvalue weighted by atomic mass is 35.5. The number of rotatable bonds is 7. The molecule has 0 saturated heterocycles. The third-order valence-corrected chi connectivity index (χ3v) is 6.89. The number of carbonyl (C=O) groups is 4. The van der Waals surface area contributed by atoms with E-state index in [0.717, 1.165) is 33.0 Å². The van der Waals surface area contributed by atoms with Crippen molar-refractivity contribution in [2.24, 2.45) is 0 Å². The molecule has 0 aromatic heterocycles. The molecular weight excluding hydrogens is 459 g/mol. The zero-order valence-corrected chi connectivity index (χ0v) is 19.8. The lowest BCUT2D eigenvalue weighted by Gasteiger charge is -2.25. The van der Waals surface area contributed by atoms with E-state index in [2.05, 4.69) is 0 Å². The Morgan fingerprint density at radius 1 is 0.719 bits per heavy atom. The van der Waals surface area contributed by atoms with Crippen LogP contribution < -0.4 is 29.6 Å². The van der Waals surface area contributed by atoms with E-state index in [1.807, 2.05) is 37.3 Å². The molecule has 0 aliphatic rings. The van der Waals surface area contributed by atoms with Crippen molar-refractivity contribution in [2.45, 2.75) is 34.6 Å². The average Bonchev–Trinajstić information content (AvgIpc) is 2.70. The summed E-state index contributed by atoms with van der Waals surface area (Å²) in [6.45, 7) is 6.43. The predicted octanol–water partition coefficient (Wildman–Crippen LogP) is 3.49. The van der Waals surface area contributed by atoms with Gasteiger partial charge < -0.3 is 18.9 Å². The van der Waals surface area contributed by atoms with Crippen LogP contribution in [0.4, 0.5) is 0 Å². The van der Waals surface area contributed by atoms with Crippen molar-refractivity contribution in [1.29, 1.82) is 0 Å². The standard InChI is InChI=1S/C22H22ClO8P/c1-6-32(16-10-8-7-9-11-16)22-17(23)18(28-12(2)24)19(29-13(3)25)20(30-14(4)26)21(22)31-15(5)27/h7-11H,6H2,1-5H3. The van der Waals surface area contributed by atoms with Gasteiger partial charge in [-0.3, -0.25) is 19.2 Å². The van der Waals surface area contributed by atoms with Gasteiger partial charge >= 0.3 is 23.9 Å². The van der Waals surface area contributed by atoms with Crippen LogP contribution in [-0.2, 0) is 19.2 Å². The van der Waals surface area contributed by atoms with Crippen LogP contribution in [0.15, 0.2) is 30.3 Å². The van der Waals surface area contributed by atoms with Gasteiger partial charge in [0.05, 0.1) is 5.02 Å². The Morgan fingerprint density at radius 3 is 1.56 bits per heavy atom. The van der Waals surface area contributed by atoms with E-state index in [-0.39, 0.29) is 22.3 Å². The smallest absolute Gasteiger partial charge is 0.308 e. The number of hydrogen-bond donors (Lipinski definition) is 0. The van der Waals surface area contributed by atoms with Crippen LogP contribution in [-0.4, -0.2) is 30.0 Å². The molecule has 0 saturated carbocycles. The zero-order chi connectivity index (χ0) is 24.0. The largest absolute Gasteiger partial charge is 0.422 e. The van der Waals surface area contributed by atoms with Crippen molar-refractivity contribution >= 4 is 54.0 Å². The second kappa shape index (κ2) is 11.1. The van der Waals surface area contributed by atoms with Crippen LogP contribution in [0, 0.1) is 0 Å². The van der Waals surface area contributed by atoms with E-state index in [1.165, 1.54) is 0 Å². The molecule has 1 atom stereocenters. The van der Waals surface area contributed by atoms with Gasteiger partial charge in [-0.15, -0.1) is 0 Å². The molecule has 2 aromatic rings. The van der Waals surface area contributed by atoms with Gasteiger partial charge in [0.25, 0.3) is 0 Å². The first-order valence-electron chi connectivity index (χ1n) is 9.52. The van der Waals surface area contributed by atoms with Crippen molar-refractivity contribution in [2.75, 3.05) is 6.16 Å². The van der Waals surface area contributed by atoms with Crippen molar-refractivity contribution in [3.05, 3.63) is 35.4 Å². The highest BCUT2D eigenvalue weighted by Gasteiger charge is 2.35. The minimum absolute atomic E-state index is 0.0968. The molecule has 8 nitrogen and oxygen atoms in total. The number of benzene rings is 2. The van der Waals surface area contributed by atoms with E-state index in [9.17, 15) is 19.2 Å². The summed E-state index contributed by atoms with van der Waals surface area (Å²) in [4.78, 5) is 47.4. The van der Waals surface area contributed by atoms with Crippen molar-refractivity contribution in [3.63, 3.8) is 0 Å². The van der Waals surface area contributed by atoms with E-state index in [0.29, 0.717) is 11.5 Å². The fourth-order valence-corrected chi connectivity index (χ4v) is 5.60. The lowest BCUT2D eigenvalue weighted by atomic mass is 10.2. The molecule has 0 bridgehead atoms. The topological polar surface area (TPSA) is 105 Å². The monoisotopic (exact) mass is 480 g/mol. The zero-order valence-electron chi connectivity index (χ0n) is 18.2. The molecule has 0 heterocycles. The fourth-order valence-electron chi connectivity index (χ4n) is 2.89. The molecular formula is C22H22ClO8P. The second-order valence-corrected chi connectivity index (χ2v) is 9.26. The first kappa shape index (κ1) is 25.3. The summed E-state index contributed by atoms with van der Waals surface area (Å²) in [6.07, 6.45) is 0.555. The van der Waals surface area contributed by atoms with Crippen molar-refractivity contribution in [3.8, 4) is 23.0 Å². The van der Waals surface area contributed by atoms with Gasteiger partial charge in [-0.05, 0) is 19.4 Å². The summed E-state index contributed by atoms with van der Waals surface area (Å²) in [5, 5.41) is 1.08. The minimum Gasteiger partial charge on any atom is -0.422 e. The van der Waals surface area contributed by atoms with Gasteiger partial charge in [-0.1, -0.05) is 48.9 Å². The molecule has 170 valence electrons. The number of ether oxygens (including phenoxy) is 4. The van der Waals surface area contributed by atoms with Gasteiger partial charge in [0.1, 0.15) is 0 Å². The van der Waals surface area contributed by atoms with Crippen LogP contribution in [0.25, 0.3) is 0 Å². The average molecular weight is 481 g/mol. The number of esters is 4.